The van der Waals surface area contributed by atoms with Crippen LogP contribution in [0.4, 0.5) is 0 Å². The average molecular weight is 297 g/mol. The highest BCUT2D eigenvalue weighted by Crippen LogP contribution is 2.37. The van der Waals surface area contributed by atoms with Gasteiger partial charge in [0, 0.05) is 0 Å². The standard InChI is InChI=1S/C15H23NO3S/c1-11-5-6-12(14(2,3)4)9-13(11)20(18,19)16-15(10-17)7-8-15/h5-6,9,16-17H,7-8,10H2,1-4H3. The van der Waals surface area contributed by atoms with Gasteiger partial charge in [0.1, 0.15) is 0 Å². The topological polar surface area (TPSA) is 66.4 Å². The molecule has 1 aromatic carbocycles. The summed E-state index contributed by atoms with van der Waals surface area (Å²) < 4.78 is 27.7. The summed E-state index contributed by atoms with van der Waals surface area (Å²) in [5.74, 6) is 0. The van der Waals surface area contributed by atoms with Crippen molar-refractivity contribution in [3.8, 4) is 0 Å². The van der Waals surface area contributed by atoms with Crippen molar-refractivity contribution in [2.75, 3.05) is 6.61 Å². The zero-order valence-corrected chi connectivity index (χ0v) is 13.3. The van der Waals surface area contributed by atoms with Crippen molar-refractivity contribution >= 4 is 10.0 Å². The molecule has 0 heterocycles. The minimum Gasteiger partial charge on any atom is -0.394 e. The van der Waals surface area contributed by atoms with Crippen LogP contribution in [0.5, 0.6) is 0 Å². The smallest absolute Gasteiger partial charge is 0.241 e. The van der Waals surface area contributed by atoms with Crippen molar-refractivity contribution in [2.45, 2.75) is 56.4 Å². The highest BCUT2D eigenvalue weighted by Gasteiger charge is 2.45. The molecule has 20 heavy (non-hydrogen) atoms. The number of hydrogen-bond acceptors (Lipinski definition) is 3. The molecule has 1 saturated carbocycles. The molecule has 1 fully saturated rings. The van der Waals surface area contributed by atoms with Gasteiger partial charge in [-0.2, -0.15) is 0 Å². The van der Waals surface area contributed by atoms with E-state index in [0.717, 1.165) is 11.1 Å². The Kier molecular flexibility index (Phi) is 3.73. The monoisotopic (exact) mass is 297 g/mol. The molecule has 0 bridgehead atoms. The number of nitrogens with one attached hydrogen (secondary N) is 1. The molecule has 1 aliphatic carbocycles. The quantitative estimate of drug-likeness (QED) is 0.894. The number of sulfonamides is 1. The summed E-state index contributed by atoms with van der Waals surface area (Å²) in [4.78, 5) is 0.310. The van der Waals surface area contributed by atoms with Gasteiger partial charge in [0.2, 0.25) is 10.0 Å². The third-order valence-corrected chi connectivity index (χ3v) is 5.57. The van der Waals surface area contributed by atoms with E-state index in [-0.39, 0.29) is 12.0 Å². The third-order valence-electron chi connectivity index (χ3n) is 3.85. The summed E-state index contributed by atoms with van der Waals surface area (Å²) in [5, 5.41) is 9.29. The number of aliphatic hydroxyl groups is 1. The molecular weight excluding hydrogens is 274 g/mol. The van der Waals surface area contributed by atoms with Gasteiger partial charge in [-0.3, -0.25) is 0 Å². The molecular formula is C15H23NO3S. The van der Waals surface area contributed by atoms with E-state index < -0.39 is 15.6 Å². The first-order chi connectivity index (χ1) is 9.10. The molecule has 0 atom stereocenters. The normalized spacial score (nSPS) is 18.1. The summed E-state index contributed by atoms with van der Waals surface area (Å²) in [6, 6.07) is 5.55. The van der Waals surface area contributed by atoms with Crippen molar-refractivity contribution in [3.63, 3.8) is 0 Å². The van der Waals surface area contributed by atoms with E-state index in [4.69, 9.17) is 0 Å². The van der Waals surface area contributed by atoms with Crippen LogP contribution in [0.15, 0.2) is 23.1 Å². The van der Waals surface area contributed by atoms with E-state index in [1.54, 1.807) is 13.0 Å². The molecule has 0 unspecified atom stereocenters. The van der Waals surface area contributed by atoms with Crippen LogP contribution in [0.25, 0.3) is 0 Å². The van der Waals surface area contributed by atoms with E-state index in [9.17, 15) is 13.5 Å². The van der Waals surface area contributed by atoms with Gasteiger partial charge in [-0.15, -0.1) is 0 Å². The summed E-state index contributed by atoms with van der Waals surface area (Å²) in [6.07, 6.45) is 1.39. The van der Waals surface area contributed by atoms with Crippen LogP contribution in [0.2, 0.25) is 0 Å². The molecule has 112 valence electrons. The molecule has 0 amide bonds. The van der Waals surface area contributed by atoms with E-state index in [2.05, 4.69) is 25.5 Å². The van der Waals surface area contributed by atoms with Crippen molar-refractivity contribution in [2.24, 2.45) is 0 Å². The van der Waals surface area contributed by atoms with Gasteiger partial charge in [-0.1, -0.05) is 32.9 Å². The van der Waals surface area contributed by atoms with Crippen LogP contribution in [-0.2, 0) is 15.4 Å². The lowest BCUT2D eigenvalue weighted by Gasteiger charge is -2.22. The van der Waals surface area contributed by atoms with Gasteiger partial charge in [-0.25, -0.2) is 13.1 Å². The largest absolute Gasteiger partial charge is 0.394 e. The first-order valence-corrected chi connectivity index (χ1v) is 8.34. The van der Waals surface area contributed by atoms with E-state index >= 15 is 0 Å². The minimum absolute atomic E-state index is 0.105. The van der Waals surface area contributed by atoms with Crippen LogP contribution in [-0.4, -0.2) is 25.7 Å². The van der Waals surface area contributed by atoms with E-state index in [1.807, 2.05) is 12.1 Å². The average Bonchev–Trinajstić information content (AvgIpc) is 3.07. The molecule has 0 aliphatic heterocycles. The summed E-state index contributed by atoms with van der Waals surface area (Å²) >= 11 is 0. The maximum atomic E-state index is 12.5. The maximum Gasteiger partial charge on any atom is 0.241 e. The molecule has 0 aromatic heterocycles. The number of aliphatic hydroxyl groups excluding tert-OH is 1. The van der Waals surface area contributed by atoms with Crippen LogP contribution >= 0.6 is 0 Å². The molecule has 1 aromatic rings. The Morgan fingerprint density at radius 3 is 2.35 bits per heavy atom. The summed E-state index contributed by atoms with van der Waals surface area (Å²) in [7, 11) is -3.59. The second-order valence-corrected chi connectivity index (χ2v) is 8.43. The van der Waals surface area contributed by atoms with Crippen molar-refractivity contribution in [3.05, 3.63) is 29.3 Å². The predicted octanol–water partition coefficient (Wildman–Crippen LogP) is 2.10. The van der Waals surface area contributed by atoms with Gasteiger partial charge in [0.05, 0.1) is 17.0 Å². The van der Waals surface area contributed by atoms with Gasteiger partial charge in [0.25, 0.3) is 0 Å². The highest BCUT2D eigenvalue weighted by atomic mass is 32.2. The summed E-state index contributed by atoms with van der Waals surface area (Å²) in [6.45, 7) is 7.80. The number of aryl methyl sites for hydroxylation is 1. The first kappa shape index (κ1) is 15.5. The SMILES string of the molecule is Cc1ccc(C(C)(C)C)cc1S(=O)(=O)NC1(CO)CC1. The van der Waals surface area contributed by atoms with Gasteiger partial charge < -0.3 is 5.11 Å². The lowest BCUT2D eigenvalue weighted by Crippen LogP contribution is -2.39. The van der Waals surface area contributed by atoms with Gasteiger partial charge >= 0.3 is 0 Å². The zero-order chi connectivity index (χ0) is 15.2. The van der Waals surface area contributed by atoms with Crippen molar-refractivity contribution in [1.82, 2.24) is 4.72 Å². The number of rotatable bonds is 4. The van der Waals surface area contributed by atoms with Crippen LogP contribution in [0.3, 0.4) is 0 Å². The molecule has 5 heteroatoms. The zero-order valence-electron chi connectivity index (χ0n) is 12.5. The number of benzene rings is 1. The molecule has 0 spiro atoms. The van der Waals surface area contributed by atoms with Crippen LogP contribution in [0, 0.1) is 6.92 Å². The Labute approximate surface area is 121 Å². The molecule has 0 saturated heterocycles. The lowest BCUT2D eigenvalue weighted by atomic mass is 9.87. The second-order valence-electron chi connectivity index (χ2n) is 6.77. The molecule has 2 rings (SSSR count). The Balaban J connectivity index is 2.41. The lowest BCUT2D eigenvalue weighted by molar-refractivity contribution is 0.246. The first-order valence-electron chi connectivity index (χ1n) is 6.86. The highest BCUT2D eigenvalue weighted by molar-refractivity contribution is 7.89. The van der Waals surface area contributed by atoms with Crippen molar-refractivity contribution < 1.29 is 13.5 Å². The fraction of sp³-hybridized carbons (Fsp3) is 0.600. The molecule has 0 radical (unpaired) electrons. The Hall–Kier alpha value is -0.910. The fourth-order valence-electron chi connectivity index (χ4n) is 2.14. The van der Waals surface area contributed by atoms with E-state index in [0.29, 0.717) is 17.7 Å². The molecule has 1 aliphatic rings. The van der Waals surface area contributed by atoms with Gasteiger partial charge in [-0.05, 0) is 42.4 Å². The Morgan fingerprint density at radius 1 is 1.30 bits per heavy atom. The Bertz CT molecular complexity index is 610. The Morgan fingerprint density at radius 2 is 1.90 bits per heavy atom. The molecule has 4 nitrogen and oxygen atoms in total. The second kappa shape index (κ2) is 4.83. The number of hydrogen-bond donors (Lipinski definition) is 2. The predicted molar refractivity (Wildman–Crippen MR) is 79.3 cm³/mol. The van der Waals surface area contributed by atoms with Gasteiger partial charge in [0.15, 0.2) is 0 Å². The third kappa shape index (κ3) is 3.05. The van der Waals surface area contributed by atoms with Crippen LogP contribution < -0.4 is 4.72 Å². The van der Waals surface area contributed by atoms with Crippen LogP contribution in [0.1, 0.15) is 44.7 Å². The fourth-order valence-corrected chi connectivity index (χ4v) is 3.86. The van der Waals surface area contributed by atoms with Crippen molar-refractivity contribution in [1.29, 1.82) is 0 Å². The molecule has 2 N–H and O–H groups in total. The minimum atomic E-state index is -3.59. The maximum absolute atomic E-state index is 12.5. The van der Waals surface area contributed by atoms with E-state index in [1.165, 1.54) is 0 Å². The summed E-state index contributed by atoms with van der Waals surface area (Å²) in [5.41, 5.74) is 0.964.